The summed E-state index contributed by atoms with van der Waals surface area (Å²) < 4.78 is 1.35. The molecule has 4 rings (SSSR count). The average Bonchev–Trinajstić information content (AvgIpc) is 2.75. The molecule has 29 heavy (non-hydrogen) atoms. The van der Waals surface area contributed by atoms with Crippen molar-refractivity contribution in [2.24, 2.45) is 0 Å². The maximum atomic E-state index is 12.7. The highest BCUT2D eigenvalue weighted by Crippen LogP contribution is 2.21. The topological polar surface area (TPSA) is 80.1 Å². The number of carbonyl (C=O) groups is 1. The number of amides is 1. The summed E-state index contributed by atoms with van der Waals surface area (Å²) in [6.45, 7) is 4.23. The first kappa shape index (κ1) is 19.1. The number of carbonyl (C=O) groups excluding carboxylic acids is 1. The molecular weight excluding hydrogens is 366 g/mol. The maximum absolute atomic E-state index is 12.7. The Morgan fingerprint density at radius 2 is 1.93 bits per heavy atom. The zero-order valence-corrected chi connectivity index (χ0v) is 16.6. The number of fused-ring (bicyclic) bond motifs is 1. The third-order valence-corrected chi connectivity index (χ3v) is 5.37. The van der Waals surface area contributed by atoms with Crippen molar-refractivity contribution < 1.29 is 4.79 Å². The molecule has 1 amide bonds. The van der Waals surface area contributed by atoms with Gasteiger partial charge in [0.2, 0.25) is 5.91 Å². The lowest BCUT2D eigenvalue weighted by molar-refractivity contribution is -0.121. The number of hydrogen-bond acceptors (Lipinski definition) is 5. The second kappa shape index (κ2) is 8.43. The van der Waals surface area contributed by atoms with E-state index in [-0.39, 0.29) is 18.0 Å². The van der Waals surface area contributed by atoms with Crippen molar-refractivity contribution in [2.45, 2.75) is 39.3 Å². The first-order valence-corrected chi connectivity index (χ1v) is 10.0. The normalized spacial score (nSPS) is 14.2. The molecular formula is C22H25N5O2. The van der Waals surface area contributed by atoms with E-state index in [2.05, 4.69) is 20.2 Å². The number of rotatable bonds is 5. The fourth-order valence-corrected chi connectivity index (χ4v) is 3.81. The van der Waals surface area contributed by atoms with Crippen molar-refractivity contribution in [2.75, 3.05) is 18.0 Å². The Morgan fingerprint density at radius 1 is 1.10 bits per heavy atom. The molecule has 0 unspecified atom stereocenters. The smallest absolute Gasteiger partial charge is 0.261 e. The molecule has 7 nitrogen and oxygen atoms in total. The predicted octanol–water partition coefficient (Wildman–Crippen LogP) is 2.41. The summed E-state index contributed by atoms with van der Waals surface area (Å²) in [5.41, 5.74) is 2.40. The quantitative estimate of drug-likeness (QED) is 0.722. The molecule has 3 heterocycles. The Morgan fingerprint density at radius 3 is 2.76 bits per heavy atom. The first-order chi connectivity index (χ1) is 14.1. The molecule has 1 N–H and O–H groups in total. The molecule has 0 radical (unpaired) electrons. The lowest BCUT2D eigenvalue weighted by atomic mass is 10.1. The van der Waals surface area contributed by atoms with Crippen LogP contribution in [0.15, 0.2) is 47.7 Å². The summed E-state index contributed by atoms with van der Waals surface area (Å²) in [4.78, 5) is 36.3. The van der Waals surface area contributed by atoms with Gasteiger partial charge in [-0.2, -0.15) is 0 Å². The van der Waals surface area contributed by atoms with Crippen LogP contribution in [0.25, 0.3) is 10.9 Å². The number of aromatic nitrogens is 3. The van der Waals surface area contributed by atoms with Gasteiger partial charge in [0.1, 0.15) is 12.4 Å². The molecule has 150 valence electrons. The minimum Gasteiger partial charge on any atom is -0.356 e. The Labute approximate surface area is 169 Å². The summed E-state index contributed by atoms with van der Waals surface area (Å²) >= 11 is 0. The highest BCUT2D eigenvalue weighted by Gasteiger charge is 2.16. The van der Waals surface area contributed by atoms with Crippen molar-refractivity contribution in [3.63, 3.8) is 0 Å². The molecule has 1 aromatic carbocycles. The maximum Gasteiger partial charge on any atom is 0.261 e. The number of pyridine rings is 1. The van der Waals surface area contributed by atoms with Gasteiger partial charge in [-0.15, -0.1) is 0 Å². The van der Waals surface area contributed by atoms with E-state index in [0.29, 0.717) is 17.4 Å². The molecule has 0 spiro atoms. The van der Waals surface area contributed by atoms with Gasteiger partial charge in [0.15, 0.2) is 0 Å². The van der Waals surface area contributed by atoms with Crippen molar-refractivity contribution in [1.82, 2.24) is 19.9 Å². The van der Waals surface area contributed by atoms with Crippen LogP contribution < -0.4 is 15.8 Å². The van der Waals surface area contributed by atoms with Crippen LogP contribution in [-0.4, -0.2) is 33.5 Å². The van der Waals surface area contributed by atoms with E-state index in [1.807, 2.05) is 31.2 Å². The van der Waals surface area contributed by atoms with Gasteiger partial charge in [-0.25, -0.2) is 9.97 Å². The molecule has 0 atom stereocenters. The van der Waals surface area contributed by atoms with Crippen LogP contribution in [0.2, 0.25) is 0 Å². The summed E-state index contributed by atoms with van der Waals surface area (Å²) in [5, 5.41) is 3.45. The van der Waals surface area contributed by atoms with Crippen molar-refractivity contribution in [3.05, 3.63) is 64.3 Å². The van der Waals surface area contributed by atoms with Crippen molar-refractivity contribution >= 4 is 22.6 Å². The van der Waals surface area contributed by atoms with Gasteiger partial charge < -0.3 is 10.2 Å². The minimum absolute atomic E-state index is 0.0605. The van der Waals surface area contributed by atoms with Crippen molar-refractivity contribution in [1.29, 1.82) is 0 Å². The number of hydrogen-bond donors (Lipinski definition) is 1. The van der Waals surface area contributed by atoms with E-state index in [1.54, 1.807) is 12.3 Å². The van der Waals surface area contributed by atoms with Crippen LogP contribution in [0.5, 0.6) is 0 Å². The molecule has 0 saturated carbocycles. The average molecular weight is 391 g/mol. The summed E-state index contributed by atoms with van der Waals surface area (Å²) in [6.07, 6.45) is 6.82. The number of nitrogens with one attached hydrogen (secondary N) is 1. The monoisotopic (exact) mass is 391 g/mol. The van der Waals surface area contributed by atoms with Gasteiger partial charge in [-0.3, -0.25) is 14.2 Å². The lowest BCUT2D eigenvalue weighted by Crippen LogP contribution is -2.34. The van der Waals surface area contributed by atoms with E-state index in [0.717, 1.165) is 30.0 Å². The van der Waals surface area contributed by atoms with E-state index in [9.17, 15) is 9.59 Å². The van der Waals surface area contributed by atoms with Gasteiger partial charge in [0, 0.05) is 31.4 Å². The second-order valence-corrected chi connectivity index (χ2v) is 7.46. The van der Waals surface area contributed by atoms with Crippen LogP contribution >= 0.6 is 0 Å². The largest absolute Gasteiger partial charge is 0.356 e. The Balaban J connectivity index is 1.46. The minimum atomic E-state index is -0.227. The number of aryl methyl sites for hydroxylation is 1. The van der Waals surface area contributed by atoms with Crippen LogP contribution in [0.3, 0.4) is 0 Å². The highest BCUT2D eigenvalue weighted by atomic mass is 16.2. The molecule has 0 aliphatic carbocycles. The molecule has 1 fully saturated rings. The number of piperidine rings is 1. The van der Waals surface area contributed by atoms with Crippen LogP contribution in [-0.2, 0) is 17.9 Å². The van der Waals surface area contributed by atoms with E-state index in [4.69, 9.17) is 0 Å². The zero-order chi connectivity index (χ0) is 20.2. The second-order valence-electron chi connectivity index (χ2n) is 7.46. The predicted molar refractivity (Wildman–Crippen MR) is 113 cm³/mol. The summed E-state index contributed by atoms with van der Waals surface area (Å²) in [5.74, 6) is 0.710. The molecule has 7 heteroatoms. The van der Waals surface area contributed by atoms with Gasteiger partial charge in [-0.05, 0) is 43.9 Å². The van der Waals surface area contributed by atoms with Crippen LogP contribution in [0, 0.1) is 6.92 Å². The molecule has 3 aromatic rings. The zero-order valence-electron chi connectivity index (χ0n) is 16.6. The number of anilines is 1. The first-order valence-electron chi connectivity index (χ1n) is 10.0. The summed E-state index contributed by atoms with van der Waals surface area (Å²) in [7, 11) is 0. The number of para-hydroxylation sites is 1. The van der Waals surface area contributed by atoms with Gasteiger partial charge >= 0.3 is 0 Å². The number of nitrogens with zero attached hydrogens (tertiary/aromatic N) is 4. The van der Waals surface area contributed by atoms with E-state index in [1.165, 1.54) is 30.2 Å². The van der Waals surface area contributed by atoms with Crippen LogP contribution in [0.1, 0.15) is 30.4 Å². The van der Waals surface area contributed by atoms with E-state index < -0.39 is 0 Å². The Kier molecular flexibility index (Phi) is 5.55. The number of benzene rings is 1. The van der Waals surface area contributed by atoms with E-state index >= 15 is 0 Å². The highest BCUT2D eigenvalue weighted by molar-refractivity contribution is 5.81. The molecule has 1 saturated heterocycles. The third kappa shape index (κ3) is 4.13. The van der Waals surface area contributed by atoms with Gasteiger partial charge in [0.25, 0.3) is 5.56 Å². The fourth-order valence-electron chi connectivity index (χ4n) is 3.81. The summed E-state index contributed by atoms with van der Waals surface area (Å²) in [6, 6.07) is 9.36. The van der Waals surface area contributed by atoms with Gasteiger partial charge in [0.05, 0.1) is 17.2 Å². The molecule has 0 bridgehead atoms. The Bertz CT molecular complexity index is 1090. The fraction of sp³-hybridized carbons (Fsp3) is 0.364. The lowest BCUT2D eigenvalue weighted by Gasteiger charge is -2.29. The standard InChI is InChI=1S/C22H25N5O2/c1-16-7-5-9-18-20(16)25-15-27(22(18)29)14-19(28)24-13-17-8-6-10-23-21(17)26-11-3-2-4-12-26/h5-10,15H,2-4,11-14H2,1H3,(H,24,28). The van der Waals surface area contributed by atoms with Gasteiger partial charge in [-0.1, -0.05) is 18.2 Å². The van der Waals surface area contributed by atoms with Crippen molar-refractivity contribution in [3.8, 4) is 0 Å². The Hall–Kier alpha value is -3.22. The molecule has 2 aromatic heterocycles. The molecule has 1 aliphatic rings. The third-order valence-electron chi connectivity index (χ3n) is 5.37. The molecule has 1 aliphatic heterocycles. The SMILES string of the molecule is Cc1cccc2c(=O)n(CC(=O)NCc3cccnc3N3CCCCC3)cnc12. The van der Waals surface area contributed by atoms with Crippen LogP contribution in [0.4, 0.5) is 5.82 Å².